The molecule has 192 valence electrons. The molecule has 1 saturated carbocycles. The molecule has 2 bridgehead atoms. The van der Waals surface area contributed by atoms with Gasteiger partial charge >= 0.3 is 219 Å². The Morgan fingerprint density at radius 1 is 1.20 bits per heavy atom. The molecule has 35 heavy (non-hydrogen) atoms. The number of primary amides is 1. The SMILES string of the molecule is CCN(CC)CCN1/C(=C2\[C]3=[In][C](F)(CC3=O)C2(C(=O)O)C2CCCCC2)C(C)C(C(N)=O)C1C. The normalized spacial score (nSPS) is 37.2. The van der Waals surface area contributed by atoms with Crippen LogP contribution in [0.4, 0.5) is 4.39 Å². The molecular weight excluding hydrogens is 552 g/mol. The van der Waals surface area contributed by atoms with Crippen molar-refractivity contribution in [3.05, 3.63) is 11.3 Å². The summed E-state index contributed by atoms with van der Waals surface area (Å²) in [6.07, 6.45) is 3.86. The van der Waals surface area contributed by atoms with Gasteiger partial charge in [0.05, 0.1) is 0 Å². The number of ketones is 1. The van der Waals surface area contributed by atoms with Gasteiger partial charge in [-0.1, -0.05) is 0 Å². The fraction of sp³-hybridized carbons (Fsp3) is 0.769. The molecular formula is C26H39FInN3O4. The van der Waals surface area contributed by atoms with E-state index in [9.17, 15) is 19.5 Å². The predicted octanol–water partition coefficient (Wildman–Crippen LogP) is 2.20. The van der Waals surface area contributed by atoms with Gasteiger partial charge in [0, 0.05) is 0 Å². The molecule has 9 heteroatoms. The maximum atomic E-state index is 16.9. The zero-order chi connectivity index (χ0) is 25.7. The van der Waals surface area contributed by atoms with E-state index in [4.69, 9.17) is 5.73 Å². The average Bonchev–Trinajstić information content (AvgIpc) is 3.35. The number of likely N-dealkylation sites (tertiary alicyclic amines) is 1. The average molecular weight is 591 g/mol. The Balaban J connectivity index is 1.94. The third kappa shape index (κ3) is 3.94. The molecule has 0 spiro atoms. The van der Waals surface area contributed by atoms with Gasteiger partial charge in [0.2, 0.25) is 0 Å². The summed E-state index contributed by atoms with van der Waals surface area (Å²) >= 11 is -2.33. The van der Waals surface area contributed by atoms with Gasteiger partial charge in [-0.25, -0.2) is 0 Å². The number of carboxylic acid groups (broad SMARTS) is 1. The van der Waals surface area contributed by atoms with Crippen molar-refractivity contribution in [1.82, 2.24) is 9.80 Å². The zero-order valence-corrected chi connectivity index (χ0v) is 24.8. The molecule has 3 N–H and O–H groups in total. The number of nitrogens with zero attached hydrogens (tertiary/aromatic N) is 2. The summed E-state index contributed by atoms with van der Waals surface area (Å²) in [7, 11) is 0. The molecule has 7 nitrogen and oxygen atoms in total. The van der Waals surface area contributed by atoms with Crippen molar-refractivity contribution in [1.29, 1.82) is 0 Å². The number of rotatable bonds is 8. The van der Waals surface area contributed by atoms with Crippen molar-refractivity contribution in [2.75, 3.05) is 26.2 Å². The molecule has 1 amide bonds. The Morgan fingerprint density at radius 3 is 2.37 bits per heavy atom. The fourth-order valence-electron chi connectivity index (χ4n) is 7.68. The third-order valence-corrected chi connectivity index (χ3v) is 15.1. The molecule has 0 aromatic rings. The van der Waals surface area contributed by atoms with E-state index in [1.807, 2.05) is 13.8 Å². The first kappa shape index (κ1) is 26.8. The molecule has 3 aliphatic heterocycles. The number of halogens is 1. The van der Waals surface area contributed by atoms with E-state index in [1.165, 1.54) is 0 Å². The van der Waals surface area contributed by atoms with Crippen LogP contribution in [0.1, 0.15) is 66.2 Å². The van der Waals surface area contributed by atoms with Crippen molar-refractivity contribution in [2.45, 2.75) is 75.7 Å². The Labute approximate surface area is 218 Å². The quantitative estimate of drug-likeness (QED) is 0.449. The van der Waals surface area contributed by atoms with E-state index >= 15 is 4.39 Å². The Bertz CT molecular complexity index is 974. The topological polar surface area (TPSA) is 104 Å². The van der Waals surface area contributed by atoms with Crippen molar-refractivity contribution in [2.24, 2.45) is 28.9 Å². The summed E-state index contributed by atoms with van der Waals surface area (Å²) < 4.78 is 15.5. The zero-order valence-electron chi connectivity index (χ0n) is 21.5. The van der Waals surface area contributed by atoms with E-state index in [0.717, 1.165) is 44.6 Å². The number of Topliss-reactive ketones (excluding diaryl/α,β-unsaturated/α-hetero) is 1. The number of fused-ring (bicyclic) bond motifs is 1. The van der Waals surface area contributed by atoms with Gasteiger partial charge in [0.1, 0.15) is 0 Å². The van der Waals surface area contributed by atoms with Crippen LogP contribution < -0.4 is 5.73 Å². The predicted molar refractivity (Wildman–Crippen MR) is 134 cm³/mol. The molecule has 2 fully saturated rings. The molecule has 0 aromatic carbocycles. The van der Waals surface area contributed by atoms with E-state index < -0.39 is 49.1 Å². The monoisotopic (exact) mass is 591 g/mol. The Morgan fingerprint density at radius 2 is 1.83 bits per heavy atom. The second-order valence-electron chi connectivity index (χ2n) is 10.9. The molecule has 4 aliphatic rings. The minimum atomic E-state index is -2.33. The van der Waals surface area contributed by atoms with Crippen LogP contribution in [0.2, 0.25) is 0 Å². The number of hydrogen-bond donors (Lipinski definition) is 2. The van der Waals surface area contributed by atoms with E-state index in [-0.39, 0.29) is 30.1 Å². The van der Waals surface area contributed by atoms with Gasteiger partial charge < -0.3 is 0 Å². The molecule has 4 rings (SSSR count). The number of nitrogens with two attached hydrogens (primary N) is 1. The fourth-order valence-corrected chi connectivity index (χ4v) is 14.1. The number of likely N-dealkylation sites (N-methyl/N-ethyl adjacent to an activating group) is 1. The number of alkyl halides is 1. The van der Waals surface area contributed by atoms with Crippen LogP contribution >= 0.6 is 0 Å². The molecule has 5 atom stereocenters. The van der Waals surface area contributed by atoms with Gasteiger partial charge in [0.25, 0.3) is 0 Å². The second-order valence-corrected chi connectivity index (χ2v) is 16.0. The van der Waals surface area contributed by atoms with Crippen LogP contribution in [0.3, 0.4) is 0 Å². The first-order chi connectivity index (χ1) is 16.5. The van der Waals surface area contributed by atoms with E-state index in [2.05, 4.69) is 23.6 Å². The summed E-state index contributed by atoms with van der Waals surface area (Å²) in [5.74, 6) is -2.93. The Kier molecular flexibility index (Phi) is 7.60. The Hall–Kier alpha value is -1.22. The van der Waals surface area contributed by atoms with Crippen LogP contribution in [-0.4, -0.2) is 93.9 Å². The second kappa shape index (κ2) is 9.92. The number of carboxylic acids is 1. The molecule has 1 saturated heterocycles. The number of allylic oxidation sites excluding steroid dienone is 1. The van der Waals surface area contributed by atoms with E-state index in [0.29, 0.717) is 28.2 Å². The van der Waals surface area contributed by atoms with Crippen LogP contribution in [0.15, 0.2) is 11.3 Å². The van der Waals surface area contributed by atoms with Crippen LogP contribution in [0.5, 0.6) is 0 Å². The third-order valence-electron chi connectivity index (χ3n) is 9.39. The molecule has 1 aliphatic carbocycles. The van der Waals surface area contributed by atoms with Crippen LogP contribution in [0, 0.1) is 23.2 Å². The molecule has 5 unspecified atom stereocenters. The van der Waals surface area contributed by atoms with Crippen molar-refractivity contribution in [3.8, 4) is 0 Å². The molecule has 0 aromatic heterocycles. The van der Waals surface area contributed by atoms with Gasteiger partial charge in [-0.05, 0) is 0 Å². The number of carbonyl (C=O) groups is 3. The van der Waals surface area contributed by atoms with Gasteiger partial charge in [0.15, 0.2) is 0 Å². The van der Waals surface area contributed by atoms with Gasteiger partial charge in [-0.3, -0.25) is 0 Å². The standard InChI is InChI=1S/C26H39FN3O4.In/c1-5-29(6-2)12-13-30-17(4)22(24(28)32)16(3)23(30)20-14-19(31)15-21(27)26(20,25(33)34)18-10-8-7-9-11-18;/h16-18,22H,5-13,15H2,1-4H3,(H2,28,32)(H,33,34);/b23-20+;. The van der Waals surface area contributed by atoms with Crippen molar-refractivity contribution < 1.29 is 23.9 Å². The number of carbonyl (C=O) groups excluding carboxylic acids is 2. The first-order valence-corrected chi connectivity index (χ1v) is 16.6. The number of aliphatic carboxylic acids is 1. The number of amides is 1. The van der Waals surface area contributed by atoms with Gasteiger partial charge in [-0.15, -0.1) is 0 Å². The summed E-state index contributed by atoms with van der Waals surface area (Å²) in [6, 6.07) is -0.239. The molecule has 0 radical (unpaired) electrons. The molecule has 3 heterocycles. The number of hydrogen-bond acceptors (Lipinski definition) is 5. The van der Waals surface area contributed by atoms with Crippen molar-refractivity contribution >= 4 is 43.3 Å². The van der Waals surface area contributed by atoms with E-state index in [1.54, 1.807) is 0 Å². The van der Waals surface area contributed by atoms with Crippen LogP contribution in [0.25, 0.3) is 0 Å². The summed E-state index contributed by atoms with van der Waals surface area (Å²) in [6.45, 7) is 11.1. The maximum absolute atomic E-state index is 16.9. The summed E-state index contributed by atoms with van der Waals surface area (Å²) in [5.41, 5.74) is 5.38. The first-order valence-electron chi connectivity index (χ1n) is 13.3. The summed E-state index contributed by atoms with van der Waals surface area (Å²) in [5, 5.41) is 10.8. The summed E-state index contributed by atoms with van der Waals surface area (Å²) in [4.78, 5) is 43.3. The van der Waals surface area contributed by atoms with Crippen LogP contribution in [-0.2, 0) is 14.4 Å². The van der Waals surface area contributed by atoms with Gasteiger partial charge in [-0.2, -0.15) is 0 Å². The minimum absolute atomic E-state index is 0.199. The van der Waals surface area contributed by atoms with Crippen molar-refractivity contribution in [3.63, 3.8) is 0 Å².